The molecule has 1 aromatic heterocycles. The lowest BCUT2D eigenvalue weighted by Gasteiger charge is -2.11. The Hall–Kier alpha value is -0.340. The van der Waals surface area contributed by atoms with E-state index in [0.717, 1.165) is 5.92 Å². The highest BCUT2D eigenvalue weighted by Gasteiger charge is 2.21. The molecule has 1 aliphatic carbocycles. The Kier molecular flexibility index (Phi) is 3.01. The van der Waals surface area contributed by atoms with E-state index < -0.39 is 0 Å². The minimum Gasteiger partial charge on any atom is -0.314 e. The van der Waals surface area contributed by atoms with Crippen molar-refractivity contribution in [3.63, 3.8) is 0 Å². The molecular formula is C11H17NS. The van der Waals surface area contributed by atoms with E-state index in [1.165, 1.54) is 30.7 Å². The summed E-state index contributed by atoms with van der Waals surface area (Å²) >= 11 is 1.86. The summed E-state index contributed by atoms with van der Waals surface area (Å²) in [4.78, 5) is 1.50. The lowest BCUT2D eigenvalue weighted by atomic mass is 10.2. The largest absolute Gasteiger partial charge is 0.314 e. The first-order chi connectivity index (χ1) is 6.34. The third-order valence-corrected chi connectivity index (χ3v) is 3.44. The topological polar surface area (TPSA) is 12.0 Å². The van der Waals surface area contributed by atoms with E-state index in [1.54, 1.807) is 0 Å². The van der Waals surface area contributed by atoms with Gasteiger partial charge in [0.25, 0.3) is 0 Å². The molecule has 0 aromatic carbocycles. The van der Waals surface area contributed by atoms with Crippen LogP contribution in [0.3, 0.4) is 0 Å². The summed E-state index contributed by atoms with van der Waals surface area (Å²) in [5.74, 6) is 0.991. The molecule has 1 fully saturated rings. The fourth-order valence-corrected chi connectivity index (χ4v) is 2.33. The molecule has 72 valence electrons. The minimum absolute atomic E-state index is 0.638. The number of nitrogens with one attached hydrogen (secondary N) is 1. The smallest absolute Gasteiger partial charge is 0.00871 e. The van der Waals surface area contributed by atoms with Gasteiger partial charge in [-0.05, 0) is 50.1 Å². The van der Waals surface area contributed by atoms with Crippen molar-refractivity contribution in [1.29, 1.82) is 0 Å². The van der Waals surface area contributed by atoms with Crippen molar-refractivity contribution in [2.75, 3.05) is 6.54 Å². The average molecular weight is 195 g/mol. The predicted molar refractivity (Wildman–Crippen MR) is 58.2 cm³/mol. The highest BCUT2D eigenvalue weighted by Crippen LogP contribution is 2.27. The van der Waals surface area contributed by atoms with Gasteiger partial charge in [0.1, 0.15) is 0 Å². The van der Waals surface area contributed by atoms with Gasteiger partial charge in [0, 0.05) is 10.9 Å². The van der Waals surface area contributed by atoms with E-state index in [2.05, 4.69) is 29.8 Å². The molecule has 13 heavy (non-hydrogen) atoms. The van der Waals surface area contributed by atoms with Crippen molar-refractivity contribution >= 4 is 11.3 Å². The van der Waals surface area contributed by atoms with Gasteiger partial charge in [-0.25, -0.2) is 0 Å². The molecule has 2 rings (SSSR count). The molecule has 1 nitrogen and oxygen atoms in total. The maximum absolute atomic E-state index is 3.59. The second kappa shape index (κ2) is 4.25. The molecule has 0 amide bonds. The van der Waals surface area contributed by atoms with Crippen molar-refractivity contribution in [3.05, 3.63) is 22.4 Å². The maximum Gasteiger partial charge on any atom is 0.00871 e. The summed E-state index contributed by atoms with van der Waals surface area (Å²) < 4.78 is 0. The van der Waals surface area contributed by atoms with Crippen LogP contribution in [-0.4, -0.2) is 12.6 Å². The summed E-state index contributed by atoms with van der Waals surface area (Å²) in [6.07, 6.45) is 4.07. The van der Waals surface area contributed by atoms with Gasteiger partial charge in [0.15, 0.2) is 0 Å². The van der Waals surface area contributed by atoms with Crippen LogP contribution in [0.1, 0.15) is 24.6 Å². The molecule has 1 aromatic rings. The second-order valence-corrected chi connectivity index (χ2v) is 5.07. The Morgan fingerprint density at radius 1 is 1.62 bits per heavy atom. The summed E-state index contributed by atoms with van der Waals surface area (Å²) in [5.41, 5.74) is 0. The van der Waals surface area contributed by atoms with Gasteiger partial charge in [-0.3, -0.25) is 0 Å². The lowest BCUT2D eigenvalue weighted by molar-refractivity contribution is 0.528. The lowest BCUT2D eigenvalue weighted by Crippen LogP contribution is -2.29. The van der Waals surface area contributed by atoms with E-state index in [4.69, 9.17) is 0 Å². The molecule has 2 heteroatoms. The van der Waals surface area contributed by atoms with Crippen LogP contribution in [0.4, 0.5) is 0 Å². The van der Waals surface area contributed by atoms with Gasteiger partial charge < -0.3 is 5.32 Å². The van der Waals surface area contributed by atoms with Crippen molar-refractivity contribution in [3.8, 4) is 0 Å². The predicted octanol–water partition coefficient (Wildman–Crippen LogP) is 2.68. The standard InChI is InChI=1S/C11H17NS/c1-9(12-8-10-4-5-10)7-11-3-2-6-13-11/h2-3,6,9-10,12H,4-5,7-8H2,1H3. The fourth-order valence-electron chi connectivity index (χ4n) is 1.49. The zero-order valence-corrected chi connectivity index (χ0v) is 8.94. The molecule has 0 aliphatic heterocycles. The average Bonchev–Trinajstić information content (AvgIpc) is 2.82. The maximum atomic E-state index is 3.59. The zero-order valence-electron chi connectivity index (χ0n) is 8.12. The molecule has 0 saturated heterocycles. The van der Waals surface area contributed by atoms with Crippen molar-refractivity contribution < 1.29 is 0 Å². The van der Waals surface area contributed by atoms with E-state index >= 15 is 0 Å². The van der Waals surface area contributed by atoms with E-state index in [0.29, 0.717) is 6.04 Å². The molecule has 1 atom stereocenters. The number of rotatable bonds is 5. The molecule has 1 aliphatic rings. The van der Waals surface area contributed by atoms with Gasteiger partial charge in [-0.1, -0.05) is 6.07 Å². The Bertz CT molecular complexity index is 239. The van der Waals surface area contributed by atoms with E-state index in [-0.39, 0.29) is 0 Å². The molecule has 1 unspecified atom stereocenters. The fraction of sp³-hybridized carbons (Fsp3) is 0.636. The van der Waals surface area contributed by atoms with Gasteiger partial charge in [0.05, 0.1) is 0 Å². The highest BCUT2D eigenvalue weighted by atomic mass is 32.1. The first-order valence-electron chi connectivity index (χ1n) is 5.10. The summed E-state index contributed by atoms with van der Waals surface area (Å²) in [7, 11) is 0. The third kappa shape index (κ3) is 3.12. The first kappa shape index (κ1) is 9.22. The van der Waals surface area contributed by atoms with Crippen molar-refractivity contribution in [2.24, 2.45) is 5.92 Å². The second-order valence-electron chi connectivity index (χ2n) is 4.04. The monoisotopic (exact) mass is 195 g/mol. The molecule has 1 saturated carbocycles. The van der Waals surface area contributed by atoms with Crippen LogP contribution in [0.5, 0.6) is 0 Å². The summed E-state index contributed by atoms with van der Waals surface area (Å²) in [5, 5.41) is 5.75. The van der Waals surface area contributed by atoms with Crippen LogP contribution in [-0.2, 0) is 6.42 Å². The molecule has 0 spiro atoms. The molecule has 0 radical (unpaired) electrons. The van der Waals surface area contributed by atoms with Crippen molar-refractivity contribution in [2.45, 2.75) is 32.2 Å². The third-order valence-electron chi connectivity index (χ3n) is 2.54. The normalized spacial score (nSPS) is 18.8. The van der Waals surface area contributed by atoms with Crippen molar-refractivity contribution in [1.82, 2.24) is 5.32 Å². The molecule has 1 N–H and O–H groups in total. The van der Waals surface area contributed by atoms with Gasteiger partial charge in [0.2, 0.25) is 0 Å². The van der Waals surface area contributed by atoms with Gasteiger partial charge in [-0.2, -0.15) is 0 Å². The minimum atomic E-state index is 0.638. The van der Waals surface area contributed by atoms with Crippen LogP contribution in [0, 0.1) is 5.92 Å². The Morgan fingerprint density at radius 2 is 2.46 bits per heavy atom. The highest BCUT2D eigenvalue weighted by molar-refractivity contribution is 7.09. The first-order valence-corrected chi connectivity index (χ1v) is 5.98. The molecular weight excluding hydrogens is 178 g/mol. The van der Waals surface area contributed by atoms with Crippen LogP contribution in [0.25, 0.3) is 0 Å². The zero-order chi connectivity index (χ0) is 9.10. The van der Waals surface area contributed by atoms with Crippen LogP contribution in [0.2, 0.25) is 0 Å². The molecule has 1 heterocycles. The van der Waals surface area contributed by atoms with Crippen LogP contribution in [0.15, 0.2) is 17.5 Å². The summed E-state index contributed by atoms with van der Waals surface area (Å²) in [6, 6.07) is 4.99. The van der Waals surface area contributed by atoms with Crippen LogP contribution < -0.4 is 5.32 Å². The van der Waals surface area contributed by atoms with Gasteiger partial charge >= 0.3 is 0 Å². The SMILES string of the molecule is CC(Cc1cccs1)NCC1CC1. The van der Waals surface area contributed by atoms with E-state index in [1.807, 2.05) is 11.3 Å². The van der Waals surface area contributed by atoms with E-state index in [9.17, 15) is 0 Å². The number of hydrogen-bond donors (Lipinski definition) is 1. The Labute approximate surface area is 84.2 Å². The summed E-state index contributed by atoms with van der Waals surface area (Å²) in [6.45, 7) is 3.51. The Balaban J connectivity index is 1.68. The quantitative estimate of drug-likeness (QED) is 0.761. The van der Waals surface area contributed by atoms with Crippen LogP contribution >= 0.6 is 11.3 Å². The van der Waals surface area contributed by atoms with Gasteiger partial charge in [-0.15, -0.1) is 11.3 Å². The molecule has 0 bridgehead atoms. The number of hydrogen-bond acceptors (Lipinski definition) is 2. The number of thiophene rings is 1. The Morgan fingerprint density at radius 3 is 3.08 bits per heavy atom.